The van der Waals surface area contributed by atoms with E-state index in [9.17, 15) is 4.79 Å². The van der Waals surface area contributed by atoms with Crippen LogP contribution in [0.15, 0.2) is 11.0 Å². The van der Waals surface area contributed by atoms with Gasteiger partial charge in [-0.2, -0.15) is 4.98 Å². The molecular weight excluding hydrogens is 228 g/mol. The molecule has 6 heteroatoms. The molecule has 2 rings (SSSR count). The second-order valence-electron chi connectivity index (χ2n) is 3.20. The highest BCUT2D eigenvalue weighted by Crippen LogP contribution is 2.10. The van der Waals surface area contributed by atoms with E-state index in [0.29, 0.717) is 17.7 Å². The Bertz CT molecular complexity index is 659. The summed E-state index contributed by atoms with van der Waals surface area (Å²) in [5.74, 6) is 5.58. The first-order valence-electron chi connectivity index (χ1n) is 4.62. The number of imidazole rings is 1. The fraction of sp³-hybridized carbons (Fsp3) is 0.300. The van der Waals surface area contributed by atoms with E-state index in [1.54, 1.807) is 14.0 Å². The van der Waals surface area contributed by atoms with E-state index >= 15 is 0 Å². The zero-order valence-corrected chi connectivity index (χ0v) is 9.62. The Balaban J connectivity index is 2.77. The molecule has 0 aliphatic rings. The lowest BCUT2D eigenvalue weighted by molar-refractivity contribution is 0.757. The zero-order chi connectivity index (χ0) is 11.7. The smallest absolute Gasteiger partial charge is 0.279 e. The first-order chi connectivity index (χ1) is 7.65. The minimum atomic E-state index is -0.172. The highest BCUT2D eigenvalue weighted by Gasteiger charge is 2.11. The van der Waals surface area contributed by atoms with Gasteiger partial charge in [0.15, 0.2) is 5.65 Å². The van der Waals surface area contributed by atoms with Crippen LogP contribution in [-0.4, -0.2) is 19.1 Å². The van der Waals surface area contributed by atoms with Crippen molar-refractivity contribution >= 4 is 22.8 Å². The topological polar surface area (TPSA) is 52.7 Å². The minimum absolute atomic E-state index is 0.127. The van der Waals surface area contributed by atoms with Crippen molar-refractivity contribution < 1.29 is 0 Å². The number of hydrogen-bond acceptors (Lipinski definition) is 3. The maximum atomic E-state index is 11.9. The molecule has 2 aromatic heterocycles. The normalized spacial score (nSPS) is 10.2. The molecule has 0 radical (unpaired) electrons. The molecule has 0 amide bonds. The Morgan fingerprint density at radius 2 is 2.31 bits per heavy atom. The zero-order valence-electron chi connectivity index (χ0n) is 8.86. The van der Waals surface area contributed by atoms with Gasteiger partial charge in [0.2, 0.25) is 5.28 Å². The third kappa shape index (κ3) is 1.57. The predicted molar refractivity (Wildman–Crippen MR) is 61.2 cm³/mol. The molecule has 0 N–H and O–H groups in total. The molecule has 0 aliphatic carbocycles. The SMILES string of the molecule is CC#CCn1c(=O)n(C)c2nc(Cl)ncc21. The summed E-state index contributed by atoms with van der Waals surface area (Å²) in [6, 6.07) is 0. The van der Waals surface area contributed by atoms with Gasteiger partial charge in [0.05, 0.1) is 12.7 Å². The fourth-order valence-electron chi connectivity index (χ4n) is 1.47. The van der Waals surface area contributed by atoms with Crippen LogP contribution >= 0.6 is 11.6 Å². The van der Waals surface area contributed by atoms with Crippen molar-refractivity contribution in [2.45, 2.75) is 13.5 Å². The Morgan fingerprint density at radius 3 is 3.00 bits per heavy atom. The summed E-state index contributed by atoms with van der Waals surface area (Å²) in [5.41, 5.74) is 0.983. The number of aromatic nitrogens is 4. The van der Waals surface area contributed by atoms with Crippen LogP contribution in [0.25, 0.3) is 11.2 Å². The van der Waals surface area contributed by atoms with Gasteiger partial charge in [-0.1, -0.05) is 5.92 Å². The van der Waals surface area contributed by atoms with E-state index in [1.807, 2.05) is 0 Å². The lowest BCUT2D eigenvalue weighted by Gasteiger charge is -1.95. The summed E-state index contributed by atoms with van der Waals surface area (Å²) in [6.45, 7) is 2.06. The summed E-state index contributed by atoms with van der Waals surface area (Å²) in [6.07, 6.45) is 1.53. The molecule has 0 aliphatic heterocycles. The van der Waals surface area contributed by atoms with Crippen LogP contribution in [0.4, 0.5) is 0 Å². The predicted octanol–water partition coefficient (Wildman–Crippen LogP) is 0.807. The summed E-state index contributed by atoms with van der Waals surface area (Å²) in [5, 5.41) is 0.127. The van der Waals surface area contributed by atoms with Gasteiger partial charge in [0, 0.05) is 7.05 Å². The quantitative estimate of drug-likeness (QED) is 0.544. The third-order valence-corrected chi connectivity index (χ3v) is 2.44. The van der Waals surface area contributed by atoms with E-state index < -0.39 is 0 Å². The number of aryl methyl sites for hydroxylation is 1. The highest BCUT2D eigenvalue weighted by molar-refractivity contribution is 6.28. The lowest BCUT2D eigenvalue weighted by atomic mass is 10.5. The van der Waals surface area contributed by atoms with E-state index in [-0.39, 0.29) is 11.0 Å². The summed E-state index contributed by atoms with van der Waals surface area (Å²) >= 11 is 5.68. The summed E-state index contributed by atoms with van der Waals surface area (Å²) < 4.78 is 2.95. The van der Waals surface area contributed by atoms with Crippen molar-refractivity contribution in [2.24, 2.45) is 7.05 Å². The maximum absolute atomic E-state index is 11.9. The second-order valence-corrected chi connectivity index (χ2v) is 3.54. The largest absolute Gasteiger partial charge is 0.330 e. The van der Waals surface area contributed by atoms with Gasteiger partial charge in [0.1, 0.15) is 5.52 Å². The van der Waals surface area contributed by atoms with Gasteiger partial charge in [0.25, 0.3) is 0 Å². The van der Waals surface area contributed by atoms with Gasteiger partial charge in [-0.3, -0.25) is 9.13 Å². The average Bonchev–Trinajstić information content (AvgIpc) is 2.50. The second kappa shape index (κ2) is 3.99. The number of halogens is 1. The number of hydrogen-bond donors (Lipinski definition) is 0. The molecule has 2 heterocycles. The van der Waals surface area contributed by atoms with Crippen LogP contribution in [0.3, 0.4) is 0 Å². The molecule has 16 heavy (non-hydrogen) atoms. The lowest BCUT2D eigenvalue weighted by Crippen LogP contribution is -2.21. The Labute approximate surface area is 96.7 Å². The molecule has 0 bridgehead atoms. The molecule has 0 saturated carbocycles. The van der Waals surface area contributed by atoms with E-state index in [4.69, 9.17) is 11.6 Å². The van der Waals surface area contributed by atoms with Crippen LogP contribution in [-0.2, 0) is 13.6 Å². The van der Waals surface area contributed by atoms with E-state index in [1.165, 1.54) is 15.3 Å². The van der Waals surface area contributed by atoms with E-state index in [2.05, 4.69) is 21.8 Å². The molecule has 0 unspecified atom stereocenters. The molecule has 82 valence electrons. The van der Waals surface area contributed by atoms with Gasteiger partial charge >= 0.3 is 5.69 Å². The van der Waals surface area contributed by atoms with Crippen molar-refractivity contribution in [3.63, 3.8) is 0 Å². The molecule has 0 spiro atoms. The van der Waals surface area contributed by atoms with Crippen molar-refractivity contribution in [3.8, 4) is 11.8 Å². The molecule has 2 aromatic rings. The Hall–Kier alpha value is -1.80. The number of rotatable bonds is 1. The molecular formula is C10H9ClN4O. The van der Waals surface area contributed by atoms with Gasteiger partial charge in [-0.15, -0.1) is 5.92 Å². The molecule has 0 saturated heterocycles. The Kier molecular flexibility index (Phi) is 2.67. The monoisotopic (exact) mass is 236 g/mol. The average molecular weight is 237 g/mol. The first-order valence-corrected chi connectivity index (χ1v) is 5.00. The van der Waals surface area contributed by atoms with Crippen molar-refractivity contribution in [3.05, 3.63) is 22.0 Å². The highest BCUT2D eigenvalue weighted by atomic mass is 35.5. The van der Waals surface area contributed by atoms with Crippen LogP contribution in [0.5, 0.6) is 0 Å². The van der Waals surface area contributed by atoms with Crippen LogP contribution in [0.1, 0.15) is 6.92 Å². The molecule has 5 nitrogen and oxygen atoms in total. The number of nitrogens with zero attached hydrogens (tertiary/aromatic N) is 4. The molecule has 0 atom stereocenters. The third-order valence-electron chi connectivity index (χ3n) is 2.26. The number of fused-ring (bicyclic) bond motifs is 1. The van der Waals surface area contributed by atoms with Crippen molar-refractivity contribution in [2.75, 3.05) is 0 Å². The fourth-order valence-corrected chi connectivity index (χ4v) is 1.60. The minimum Gasteiger partial charge on any atom is -0.279 e. The van der Waals surface area contributed by atoms with Crippen molar-refractivity contribution in [1.82, 2.24) is 19.1 Å². The van der Waals surface area contributed by atoms with Gasteiger partial charge in [-0.05, 0) is 18.5 Å². The standard InChI is InChI=1S/C10H9ClN4O/c1-3-4-5-15-7-6-12-9(11)13-8(7)14(2)10(15)16/h6H,5H2,1-2H3. The van der Waals surface area contributed by atoms with Gasteiger partial charge in [-0.25, -0.2) is 9.78 Å². The van der Waals surface area contributed by atoms with Crippen LogP contribution < -0.4 is 5.69 Å². The van der Waals surface area contributed by atoms with Crippen LogP contribution in [0, 0.1) is 11.8 Å². The van der Waals surface area contributed by atoms with E-state index in [0.717, 1.165) is 0 Å². The summed E-state index contributed by atoms with van der Waals surface area (Å²) in [7, 11) is 1.64. The first kappa shape index (κ1) is 10.7. The van der Waals surface area contributed by atoms with Crippen molar-refractivity contribution in [1.29, 1.82) is 0 Å². The summed E-state index contributed by atoms with van der Waals surface area (Å²) in [4.78, 5) is 19.7. The Morgan fingerprint density at radius 1 is 1.56 bits per heavy atom. The molecule has 0 fully saturated rings. The molecule has 0 aromatic carbocycles. The van der Waals surface area contributed by atoms with Crippen LogP contribution in [0.2, 0.25) is 5.28 Å². The maximum Gasteiger partial charge on any atom is 0.330 e. The van der Waals surface area contributed by atoms with Gasteiger partial charge < -0.3 is 0 Å².